The first-order chi connectivity index (χ1) is 6.13. The molecule has 0 radical (unpaired) electrons. The summed E-state index contributed by atoms with van der Waals surface area (Å²) in [5.74, 6) is 0.0603. The molecule has 1 aromatic rings. The third kappa shape index (κ3) is 2.36. The second-order valence-electron chi connectivity index (χ2n) is 3.35. The summed E-state index contributed by atoms with van der Waals surface area (Å²) in [6.07, 6.45) is 1.60. The number of nitrogens with two attached hydrogens (primary N) is 1. The van der Waals surface area contributed by atoms with Crippen molar-refractivity contribution in [3.8, 4) is 0 Å². The quantitative estimate of drug-likeness (QED) is 0.708. The van der Waals surface area contributed by atoms with Gasteiger partial charge in [0.2, 0.25) is 0 Å². The van der Waals surface area contributed by atoms with Gasteiger partial charge >= 0.3 is 0 Å². The Labute approximate surface area is 78.0 Å². The fourth-order valence-electron chi connectivity index (χ4n) is 0.982. The molecule has 0 fully saturated rings. The van der Waals surface area contributed by atoms with E-state index in [4.69, 9.17) is 5.73 Å². The summed E-state index contributed by atoms with van der Waals surface area (Å²) in [6, 6.07) is 4.80. The van der Waals surface area contributed by atoms with Crippen LogP contribution in [0.3, 0.4) is 0 Å². The van der Waals surface area contributed by atoms with E-state index in [1.54, 1.807) is 24.4 Å². The van der Waals surface area contributed by atoms with Crippen LogP contribution in [-0.4, -0.2) is 16.8 Å². The fourth-order valence-corrected chi connectivity index (χ4v) is 0.982. The van der Waals surface area contributed by atoms with Crippen LogP contribution in [0.25, 0.3) is 0 Å². The predicted octanol–water partition coefficient (Wildman–Crippen LogP) is 1.25. The van der Waals surface area contributed by atoms with Gasteiger partial charge in [0, 0.05) is 6.20 Å². The Morgan fingerprint density at radius 1 is 1.46 bits per heavy atom. The summed E-state index contributed by atoms with van der Waals surface area (Å²) in [7, 11) is 0. The van der Waals surface area contributed by atoms with Crippen molar-refractivity contribution in [1.29, 1.82) is 0 Å². The van der Waals surface area contributed by atoms with Crippen molar-refractivity contribution in [1.82, 2.24) is 4.98 Å². The number of rotatable bonds is 3. The molecule has 0 aliphatic rings. The molecule has 1 rings (SSSR count). The van der Waals surface area contributed by atoms with Gasteiger partial charge in [0.15, 0.2) is 5.78 Å². The van der Waals surface area contributed by atoms with E-state index in [0.29, 0.717) is 5.69 Å². The molecular weight excluding hydrogens is 164 g/mol. The molecule has 70 valence electrons. The Bertz CT molecular complexity index is 282. The van der Waals surface area contributed by atoms with Crippen molar-refractivity contribution in [2.24, 2.45) is 11.7 Å². The average Bonchev–Trinajstić information content (AvgIpc) is 2.17. The topological polar surface area (TPSA) is 56.0 Å². The van der Waals surface area contributed by atoms with E-state index in [1.165, 1.54) is 0 Å². The third-order valence-electron chi connectivity index (χ3n) is 1.94. The van der Waals surface area contributed by atoms with Gasteiger partial charge in [-0.2, -0.15) is 0 Å². The Balaban J connectivity index is 2.80. The van der Waals surface area contributed by atoms with E-state index in [1.807, 2.05) is 13.8 Å². The van der Waals surface area contributed by atoms with Gasteiger partial charge in [0.1, 0.15) is 5.69 Å². The molecular formula is C10H14N2O. The van der Waals surface area contributed by atoms with Gasteiger partial charge in [-0.1, -0.05) is 19.9 Å². The Morgan fingerprint density at radius 2 is 2.15 bits per heavy atom. The van der Waals surface area contributed by atoms with Gasteiger partial charge in [0.05, 0.1) is 6.04 Å². The molecule has 2 N–H and O–H groups in total. The zero-order valence-electron chi connectivity index (χ0n) is 7.90. The van der Waals surface area contributed by atoms with Crippen molar-refractivity contribution in [3.05, 3.63) is 30.1 Å². The van der Waals surface area contributed by atoms with Gasteiger partial charge in [-0.3, -0.25) is 9.78 Å². The zero-order chi connectivity index (χ0) is 9.84. The standard InChI is InChI=1S/C10H14N2O/c1-7(2)9(11)10(13)8-5-3-4-6-12-8/h3-7,9H,11H2,1-2H3/t9-/m0/s1. The van der Waals surface area contributed by atoms with Crippen LogP contribution < -0.4 is 5.73 Å². The van der Waals surface area contributed by atoms with Crippen LogP contribution in [0.15, 0.2) is 24.4 Å². The van der Waals surface area contributed by atoms with Crippen LogP contribution in [0.4, 0.5) is 0 Å². The minimum Gasteiger partial charge on any atom is -0.321 e. The van der Waals surface area contributed by atoms with E-state index in [-0.39, 0.29) is 11.7 Å². The van der Waals surface area contributed by atoms with Gasteiger partial charge in [0.25, 0.3) is 0 Å². The van der Waals surface area contributed by atoms with Crippen LogP contribution >= 0.6 is 0 Å². The maximum atomic E-state index is 11.6. The van der Waals surface area contributed by atoms with Crippen molar-refractivity contribution in [2.45, 2.75) is 19.9 Å². The molecule has 0 saturated heterocycles. The molecule has 0 unspecified atom stereocenters. The molecule has 0 saturated carbocycles. The van der Waals surface area contributed by atoms with Gasteiger partial charge < -0.3 is 5.73 Å². The van der Waals surface area contributed by atoms with Crippen LogP contribution in [0, 0.1) is 5.92 Å². The molecule has 0 bridgehead atoms. The molecule has 0 spiro atoms. The van der Waals surface area contributed by atoms with Crippen molar-refractivity contribution in [3.63, 3.8) is 0 Å². The zero-order valence-corrected chi connectivity index (χ0v) is 7.90. The van der Waals surface area contributed by atoms with E-state index in [0.717, 1.165) is 0 Å². The number of ketones is 1. The molecule has 0 aromatic carbocycles. The van der Waals surface area contributed by atoms with Crippen molar-refractivity contribution >= 4 is 5.78 Å². The molecule has 0 aliphatic carbocycles. The molecule has 3 heteroatoms. The minimum atomic E-state index is -0.449. The Hall–Kier alpha value is -1.22. The highest BCUT2D eigenvalue weighted by atomic mass is 16.1. The summed E-state index contributed by atoms with van der Waals surface area (Å²) in [5.41, 5.74) is 6.15. The molecule has 0 aliphatic heterocycles. The minimum absolute atomic E-state index is 0.0874. The number of carbonyl (C=O) groups excluding carboxylic acids is 1. The van der Waals surface area contributed by atoms with Gasteiger partial charge in [-0.05, 0) is 18.1 Å². The smallest absolute Gasteiger partial charge is 0.198 e. The van der Waals surface area contributed by atoms with E-state index < -0.39 is 6.04 Å². The lowest BCUT2D eigenvalue weighted by atomic mass is 9.99. The molecule has 1 heterocycles. The normalized spacial score (nSPS) is 12.9. The highest BCUT2D eigenvalue weighted by Gasteiger charge is 2.19. The second-order valence-corrected chi connectivity index (χ2v) is 3.35. The lowest BCUT2D eigenvalue weighted by molar-refractivity contribution is 0.0935. The first kappa shape index (κ1) is 9.86. The number of hydrogen-bond donors (Lipinski definition) is 1. The summed E-state index contributed by atoms with van der Waals surface area (Å²) < 4.78 is 0. The first-order valence-electron chi connectivity index (χ1n) is 4.33. The predicted molar refractivity (Wildman–Crippen MR) is 51.4 cm³/mol. The van der Waals surface area contributed by atoms with E-state index >= 15 is 0 Å². The number of aromatic nitrogens is 1. The monoisotopic (exact) mass is 178 g/mol. The summed E-state index contributed by atoms with van der Waals surface area (Å²) in [6.45, 7) is 3.84. The van der Waals surface area contributed by atoms with Crippen LogP contribution in [0.1, 0.15) is 24.3 Å². The van der Waals surface area contributed by atoms with E-state index in [2.05, 4.69) is 4.98 Å². The van der Waals surface area contributed by atoms with Crippen LogP contribution in [0.2, 0.25) is 0 Å². The fraction of sp³-hybridized carbons (Fsp3) is 0.400. The number of carbonyl (C=O) groups is 1. The number of Topliss-reactive ketones (excluding diaryl/α,β-unsaturated/α-hetero) is 1. The molecule has 1 atom stereocenters. The summed E-state index contributed by atoms with van der Waals surface area (Å²) in [5, 5.41) is 0. The maximum Gasteiger partial charge on any atom is 0.198 e. The summed E-state index contributed by atoms with van der Waals surface area (Å²) in [4.78, 5) is 15.6. The van der Waals surface area contributed by atoms with Gasteiger partial charge in [-0.15, -0.1) is 0 Å². The van der Waals surface area contributed by atoms with Crippen molar-refractivity contribution in [2.75, 3.05) is 0 Å². The molecule has 3 nitrogen and oxygen atoms in total. The average molecular weight is 178 g/mol. The molecule has 0 amide bonds. The lowest BCUT2D eigenvalue weighted by Crippen LogP contribution is -2.35. The van der Waals surface area contributed by atoms with E-state index in [9.17, 15) is 4.79 Å². The Morgan fingerprint density at radius 3 is 2.62 bits per heavy atom. The number of nitrogens with zero attached hydrogens (tertiary/aromatic N) is 1. The summed E-state index contributed by atoms with van der Waals surface area (Å²) >= 11 is 0. The number of pyridine rings is 1. The third-order valence-corrected chi connectivity index (χ3v) is 1.94. The second kappa shape index (κ2) is 4.14. The largest absolute Gasteiger partial charge is 0.321 e. The molecule has 1 aromatic heterocycles. The molecule has 13 heavy (non-hydrogen) atoms. The highest BCUT2D eigenvalue weighted by Crippen LogP contribution is 2.05. The highest BCUT2D eigenvalue weighted by molar-refractivity contribution is 5.98. The van der Waals surface area contributed by atoms with Crippen molar-refractivity contribution < 1.29 is 4.79 Å². The SMILES string of the molecule is CC(C)[C@H](N)C(=O)c1ccccn1. The van der Waals surface area contributed by atoms with Gasteiger partial charge in [-0.25, -0.2) is 0 Å². The van der Waals surface area contributed by atoms with Crippen LogP contribution in [-0.2, 0) is 0 Å². The lowest BCUT2D eigenvalue weighted by Gasteiger charge is -2.12. The Kier molecular flexibility index (Phi) is 3.14. The van der Waals surface area contributed by atoms with Crippen LogP contribution in [0.5, 0.6) is 0 Å². The number of hydrogen-bond acceptors (Lipinski definition) is 3. The first-order valence-corrected chi connectivity index (χ1v) is 4.33. The maximum absolute atomic E-state index is 11.6.